The van der Waals surface area contributed by atoms with Crippen molar-refractivity contribution in [2.24, 2.45) is 12.5 Å². The predicted octanol–water partition coefficient (Wildman–Crippen LogP) is 3.52. The Balaban J connectivity index is 1.33. The van der Waals surface area contributed by atoms with Crippen LogP contribution in [0.5, 0.6) is 0 Å². The largest absolute Gasteiger partial charge is 0.381 e. The first-order valence-corrected chi connectivity index (χ1v) is 13.2. The van der Waals surface area contributed by atoms with E-state index in [1.807, 2.05) is 29.0 Å². The molecule has 0 N–H and O–H groups in total. The molecular weight excluding hydrogens is 466 g/mol. The first-order valence-electron chi connectivity index (χ1n) is 13.2. The zero-order valence-electron chi connectivity index (χ0n) is 21.4. The van der Waals surface area contributed by atoms with E-state index >= 15 is 0 Å². The van der Waals surface area contributed by atoms with Gasteiger partial charge in [0.15, 0.2) is 5.82 Å². The van der Waals surface area contributed by atoms with Crippen LogP contribution in [-0.4, -0.2) is 56.2 Å². The number of hydrogen-bond donors (Lipinski definition) is 0. The smallest absolute Gasteiger partial charge is 0.219 e. The Morgan fingerprint density at radius 3 is 2.95 bits per heavy atom. The van der Waals surface area contributed by atoms with Gasteiger partial charge in [0.25, 0.3) is 0 Å². The van der Waals surface area contributed by atoms with Gasteiger partial charge in [-0.15, -0.1) is 0 Å². The number of nitriles is 1. The second-order valence-corrected chi connectivity index (χ2v) is 11.1. The minimum absolute atomic E-state index is 0.00674. The fraction of sp³-hybridized carbons (Fsp3) is 0.500. The highest BCUT2D eigenvalue weighted by Gasteiger charge is 2.59. The lowest BCUT2D eigenvalue weighted by Crippen LogP contribution is -2.36. The fourth-order valence-corrected chi connectivity index (χ4v) is 6.70. The molecule has 9 nitrogen and oxygen atoms in total. The van der Waals surface area contributed by atoms with Crippen LogP contribution in [0.1, 0.15) is 49.0 Å². The molecule has 7 rings (SSSR count). The quantitative estimate of drug-likeness (QED) is 0.548. The Labute approximate surface area is 216 Å². The van der Waals surface area contributed by atoms with Gasteiger partial charge in [-0.05, 0) is 42.5 Å². The number of aryl methyl sites for hydroxylation is 1. The number of carbonyl (C=O) groups is 1. The first kappa shape index (κ1) is 22.5. The maximum absolute atomic E-state index is 12.4. The van der Waals surface area contributed by atoms with E-state index in [1.54, 1.807) is 6.92 Å². The van der Waals surface area contributed by atoms with Crippen LogP contribution >= 0.6 is 0 Å². The van der Waals surface area contributed by atoms with Crippen molar-refractivity contribution in [2.75, 3.05) is 24.7 Å². The molecule has 3 atom stereocenters. The van der Waals surface area contributed by atoms with E-state index in [1.165, 1.54) is 11.3 Å². The number of amides is 1. The molecule has 0 radical (unpaired) electrons. The standard InChI is InChI=1S/C28H31N7O2/c1-18(36)33-9-6-25-23(16-33)27(31-35(25)26-13-28(26)7-10-37-17-28)34-22(5-8-29)12-20-11-19(3-4-24(20)34)21-14-30-32(2)15-21/h3-4,11,14-15,22,26H,5-7,9-10,12-13,16-17H2,1-2H3. The minimum atomic E-state index is 0.00674. The van der Waals surface area contributed by atoms with Gasteiger partial charge in [0.1, 0.15) is 0 Å². The van der Waals surface area contributed by atoms with E-state index < -0.39 is 0 Å². The average Bonchev–Trinajstić information content (AvgIpc) is 3.35. The van der Waals surface area contributed by atoms with Gasteiger partial charge in [-0.25, -0.2) is 0 Å². The van der Waals surface area contributed by atoms with Crippen molar-refractivity contribution in [2.45, 2.75) is 57.7 Å². The second kappa shape index (κ2) is 8.18. The number of nitrogens with zero attached hydrogens (tertiary/aromatic N) is 7. The number of hydrogen-bond acceptors (Lipinski definition) is 6. The van der Waals surface area contributed by atoms with Crippen molar-refractivity contribution in [3.8, 4) is 17.2 Å². The van der Waals surface area contributed by atoms with E-state index in [9.17, 15) is 10.1 Å². The molecule has 3 unspecified atom stereocenters. The van der Waals surface area contributed by atoms with Crippen LogP contribution in [0.4, 0.5) is 11.5 Å². The molecule has 4 aliphatic rings. The molecule has 1 aromatic carbocycles. The lowest BCUT2D eigenvalue weighted by molar-refractivity contribution is -0.129. The van der Waals surface area contributed by atoms with Gasteiger partial charge < -0.3 is 14.5 Å². The van der Waals surface area contributed by atoms with Gasteiger partial charge in [0.2, 0.25) is 5.91 Å². The zero-order chi connectivity index (χ0) is 25.3. The Kier molecular flexibility index (Phi) is 4.99. The van der Waals surface area contributed by atoms with Gasteiger partial charge in [0.05, 0.1) is 43.9 Å². The summed E-state index contributed by atoms with van der Waals surface area (Å²) in [6.45, 7) is 4.56. The van der Waals surface area contributed by atoms with Gasteiger partial charge >= 0.3 is 0 Å². The molecule has 1 saturated carbocycles. The molecule has 2 fully saturated rings. The molecule has 2 aromatic heterocycles. The van der Waals surface area contributed by atoms with E-state index in [0.717, 1.165) is 73.6 Å². The molecule has 1 spiro atoms. The van der Waals surface area contributed by atoms with Crippen LogP contribution in [0, 0.1) is 16.7 Å². The Hall–Kier alpha value is -3.64. The van der Waals surface area contributed by atoms with Crippen LogP contribution in [0.3, 0.4) is 0 Å². The average molecular weight is 498 g/mol. The van der Waals surface area contributed by atoms with Crippen LogP contribution in [-0.2, 0) is 36.0 Å². The number of anilines is 2. The number of carbonyl (C=O) groups excluding carboxylic acids is 1. The van der Waals surface area contributed by atoms with Crippen LogP contribution < -0.4 is 4.90 Å². The van der Waals surface area contributed by atoms with Crippen molar-refractivity contribution < 1.29 is 9.53 Å². The molecule has 37 heavy (non-hydrogen) atoms. The monoisotopic (exact) mass is 497 g/mol. The summed E-state index contributed by atoms with van der Waals surface area (Å²) in [6.07, 6.45) is 8.10. The highest BCUT2D eigenvalue weighted by Crippen LogP contribution is 2.62. The Morgan fingerprint density at radius 1 is 1.32 bits per heavy atom. The summed E-state index contributed by atoms with van der Waals surface area (Å²) in [5, 5.41) is 19.3. The van der Waals surface area contributed by atoms with Crippen molar-refractivity contribution in [1.82, 2.24) is 24.5 Å². The second-order valence-electron chi connectivity index (χ2n) is 11.1. The lowest BCUT2D eigenvalue weighted by atomic mass is 10.0. The third kappa shape index (κ3) is 3.50. The maximum Gasteiger partial charge on any atom is 0.219 e. The summed E-state index contributed by atoms with van der Waals surface area (Å²) in [4.78, 5) is 16.6. The summed E-state index contributed by atoms with van der Waals surface area (Å²) in [6, 6.07) is 9.30. The molecule has 190 valence electrons. The summed E-state index contributed by atoms with van der Waals surface area (Å²) < 4.78 is 9.85. The molecule has 9 heteroatoms. The van der Waals surface area contributed by atoms with E-state index in [0.29, 0.717) is 19.0 Å². The maximum atomic E-state index is 12.4. The van der Waals surface area contributed by atoms with Gasteiger partial charge in [-0.1, -0.05) is 6.07 Å². The van der Waals surface area contributed by atoms with Gasteiger partial charge in [0, 0.05) is 67.7 Å². The van der Waals surface area contributed by atoms with Crippen molar-refractivity contribution in [1.29, 1.82) is 5.26 Å². The molecular formula is C28H31N7O2. The predicted molar refractivity (Wildman–Crippen MR) is 137 cm³/mol. The third-order valence-corrected chi connectivity index (χ3v) is 8.84. The van der Waals surface area contributed by atoms with Gasteiger partial charge in [-0.2, -0.15) is 15.5 Å². The number of aromatic nitrogens is 4. The Bertz CT molecular complexity index is 1440. The number of ether oxygens (including phenoxy) is 1. The lowest BCUT2D eigenvalue weighted by Gasteiger charge is -2.30. The topological polar surface area (TPSA) is 92.2 Å². The minimum Gasteiger partial charge on any atom is -0.381 e. The normalized spacial score (nSPS) is 25.9. The summed E-state index contributed by atoms with van der Waals surface area (Å²) >= 11 is 0. The fourth-order valence-electron chi connectivity index (χ4n) is 6.70. The Morgan fingerprint density at radius 2 is 2.22 bits per heavy atom. The number of rotatable bonds is 4. The van der Waals surface area contributed by atoms with Crippen LogP contribution in [0.2, 0.25) is 0 Å². The molecule has 3 aliphatic heterocycles. The van der Waals surface area contributed by atoms with E-state index in [-0.39, 0.29) is 17.4 Å². The molecule has 5 heterocycles. The molecule has 1 saturated heterocycles. The van der Waals surface area contributed by atoms with Crippen molar-refractivity contribution >= 4 is 17.4 Å². The van der Waals surface area contributed by atoms with E-state index in [4.69, 9.17) is 9.84 Å². The van der Waals surface area contributed by atoms with E-state index in [2.05, 4.69) is 38.9 Å². The first-order chi connectivity index (χ1) is 18.0. The SMILES string of the molecule is CC(=O)N1CCc2c(c(N3c4ccc(-c5cnn(C)c5)cc4CC3CC#N)nn2C2CC23CCOC3)C1. The highest BCUT2D eigenvalue weighted by atomic mass is 16.5. The molecule has 1 aliphatic carbocycles. The van der Waals surface area contributed by atoms with Gasteiger partial charge in [-0.3, -0.25) is 14.2 Å². The molecule has 1 amide bonds. The summed E-state index contributed by atoms with van der Waals surface area (Å²) in [7, 11) is 1.92. The van der Waals surface area contributed by atoms with Crippen LogP contribution in [0.25, 0.3) is 11.1 Å². The summed E-state index contributed by atoms with van der Waals surface area (Å²) in [5.41, 5.74) is 7.12. The zero-order valence-corrected chi connectivity index (χ0v) is 21.4. The highest BCUT2D eigenvalue weighted by molar-refractivity contribution is 5.78. The number of benzene rings is 1. The number of fused-ring (bicyclic) bond motifs is 2. The third-order valence-electron chi connectivity index (χ3n) is 8.84. The summed E-state index contributed by atoms with van der Waals surface area (Å²) in [5.74, 6) is 1.00. The van der Waals surface area contributed by atoms with Crippen molar-refractivity contribution in [3.05, 3.63) is 47.4 Å². The molecule has 3 aromatic rings. The van der Waals surface area contributed by atoms with Crippen molar-refractivity contribution in [3.63, 3.8) is 0 Å². The molecule has 0 bridgehead atoms. The van der Waals surface area contributed by atoms with Crippen LogP contribution in [0.15, 0.2) is 30.6 Å².